The van der Waals surface area contributed by atoms with Crippen molar-refractivity contribution < 1.29 is 9.47 Å². The van der Waals surface area contributed by atoms with Gasteiger partial charge in [0.05, 0.1) is 13.7 Å². The maximum absolute atomic E-state index is 5.35. The summed E-state index contributed by atoms with van der Waals surface area (Å²) in [7, 11) is 1.58. The predicted octanol–water partition coefficient (Wildman–Crippen LogP) is 2.77. The number of nitrogens with one attached hydrogen (secondary N) is 1. The Bertz CT molecular complexity index is 514. The first kappa shape index (κ1) is 13.3. The molecule has 19 heavy (non-hydrogen) atoms. The molecule has 0 aliphatic rings. The fourth-order valence-corrected chi connectivity index (χ4v) is 1.55. The van der Waals surface area contributed by atoms with E-state index in [9.17, 15) is 0 Å². The van der Waals surface area contributed by atoms with E-state index < -0.39 is 0 Å². The van der Waals surface area contributed by atoms with Gasteiger partial charge in [-0.1, -0.05) is 12.1 Å². The van der Waals surface area contributed by atoms with Gasteiger partial charge in [0.2, 0.25) is 11.8 Å². The Hall–Kier alpha value is -2.14. The summed E-state index contributed by atoms with van der Waals surface area (Å²) in [5.41, 5.74) is 2.06. The SMILES string of the molecule is CCOCc1ccc(Nc2nccc(OC)n2)cc1. The molecule has 0 fully saturated rings. The molecule has 0 amide bonds. The standard InChI is InChI=1S/C14H17N3O2/c1-3-19-10-11-4-6-12(7-5-11)16-14-15-9-8-13(17-14)18-2/h4-9H,3,10H2,1-2H3,(H,15,16,17). The van der Waals surface area contributed by atoms with Crippen molar-refractivity contribution in [3.8, 4) is 5.88 Å². The first-order valence-electron chi connectivity index (χ1n) is 6.12. The van der Waals surface area contributed by atoms with Crippen LogP contribution in [0.2, 0.25) is 0 Å². The van der Waals surface area contributed by atoms with Crippen LogP contribution < -0.4 is 10.1 Å². The van der Waals surface area contributed by atoms with E-state index in [4.69, 9.17) is 9.47 Å². The van der Waals surface area contributed by atoms with E-state index >= 15 is 0 Å². The van der Waals surface area contributed by atoms with Gasteiger partial charge >= 0.3 is 0 Å². The normalized spacial score (nSPS) is 10.2. The monoisotopic (exact) mass is 259 g/mol. The third-order valence-corrected chi connectivity index (χ3v) is 2.52. The van der Waals surface area contributed by atoms with Gasteiger partial charge in [-0.2, -0.15) is 4.98 Å². The number of anilines is 2. The smallest absolute Gasteiger partial charge is 0.230 e. The third-order valence-electron chi connectivity index (χ3n) is 2.52. The average Bonchev–Trinajstić information content (AvgIpc) is 2.47. The number of methoxy groups -OCH3 is 1. The highest BCUT2D eigenvalue weighted by Gasteiger charge is 2.00. The summed E-state index contributed by atoms with van der Waals surface area (Å²) in [6, 6.07) is 9.67. The Morgan fingerprint density at radius 3 is 2.63 bits per heavy atom. The minimum absolute atomic E-state index is 0.511. The number of hydrogen-bond acceptors (Lipinski definition) is 5. The molecule has 0 aliphatic heterocycles. The molecule has 0 saturated carbocycles. The first-order chi connectivity index (χ1) is 9.31. The van der Waals surface area contributed by atoms with E-state index in [0.29, 0.717) is 18.4 Å². The van der Waals surface area contributed by atoms with Crippen LogP contribution in [0.3, 0.4) is 0 Å². The predicted molar refractivity (Wildman–Crippen MR) is 73.6 cm³/mol. The van der Waals surface area contributed by atoms with Crippen molar-refractivity contribution in [2.24, 2.45) is 0 Å². The minimum atomic E-state index is 0.511. The maximum atomic E-state index is 5.35. The molecule has 0 saturated heterocycles. The molecule has 0 atom stereocenters. The fraction of sp³-hybridized carbons (Fsp3) is 0.286. The summed E-state index contributed by atoms with van der Waals surface area (Å²) >= 11 is 0. The van der Waals surface area contributed by atoms with Gasteiger partial charge in [-0.05, 0) is 24.6 Å². The van der Waals surface area contributed by atoms with Gasteiger partial charge in [-0.25, -0.2) is 4.98 Å². The van der Waals surface area contributed by atoms with Gasteiger partial charge in [-0.3, -0.25) is 0 Å². The maximum Gasteiger partial charge on any atom is 0.230 e. The van der Waals surface area contributed by atoms with Gasteiger partial charge < -0.3 is 14.8 Å². The van der Waals surface area contributed by atoms with Crippen molar-refractivity contribution in [1.82, 2.24) is 9.97 Å². The lowest BCUT2D eigenvalue weighted by Gasteiger charge is -2.07. The van der Waals surface area contributed by atoms with Crippen LogP contribution in [-0.4, -0.2) is 23.7 Å². The molecule has 0 unspecified atom stereocenters. The zero-order valence-electron chi connectivity index (χ0n) is 11.1. The largest absolute Gasteiger partial charge is 0.481 e. The van der Waals surface area contributed by atoms with Gasteiger partial charge in [0.15, 0.2) is 0 Å². The molecule has 0 bridgehead atoms. The van der Waals surface area contributed by atoms with Gasteiger partial charge in [-0.15, -0.1) is 0 Å². The lowest BCUT2D eigenvalue weighted by atomic mass is 10.2. The Morgan fingerprint density at radius 2 is 1.95 bits per heavy atom. The Morgan fingerprint density at radius 1 is 1.16 bits per heavy atom. The third kappa shape index (κ3) is 3.93. The Labute approximate surface area is 112 Å². The van der Waals surface area contributed by atoms with Gasteiger partial charge in [0, 0.05) is 24.6 Å². The number of ether oxygens (including phenoxy) is 2. The summed E-state index contributed by atoms with van der Waals surface area (Å²) in [4.78, 5) is 8.32. The fourth-order valence-electron chi connectivity index (χ4n) is 1.55. The zero-order valence-corrected chi connectivity index (χ0v) is 11.1. The lowest BCUT2D eigenvalue weighted by molar-refractivity contribution is 0.134. The minimum Gasteiger partial charge on any atom is -0.481 e. The number of nitrogens with zero attached hydrogens (tertiary/aromatic N) is 2. The number of benzene rings is 1. The molecule has 1 aromatic heterocycles. The molecular formula is C14H17N3O2. The molecule has 5 heteroatoms. The van der Waals surface area contributed by atoms with Crippen LogP contribution >= 0.6 is 0 Å². The second kappa shape index (κ2) is 6.70. The van der Waals surface area contributed by atoms with Crippen molar-refractivity contribution in [2.45, 2.75) is 13.5 Å². The second-order valence-corrected chi connectivity index (χ2v) is 3.88. The molecule has 1 aromatic carbocycles. The van der Waals surface area contributed by atoms with E-state index in [1.54, 1.807) is 19.4 Å². The molecule has 2 rings (SSSR count). The van der Waals surface area contributed by atoms with Crippen molar-refractivity contribution in [2.75, 3.05) is 19.0 Å². The van der Waals surface area contributed by atoms with Crippen molar-refractivity contribution >= 4 is 11.6 Å². The summed E-state index contributed by atoms with van der Waals surface area (Å²) in [6.07, 6.45) is 1.65. The van der Waals surface area contributed by atoms with Gasteiger partial charge in [0.1, 0.15) is 0 Å². The lowest BCUT2D eigenvalue weighted by Crippen LogP contribution is -1.98. The average molecular weight is 259 g/mol. The highest BCUT2D eigenvalue weighted by Crippen LogP contribution is 2.16. The quantitative estimate of drug-likeness (QED) is 0.864. The molecule has 100 valence electrons. The molecule has 1 heterocycles. The Balaban J connectivity index is 2.02. The molecule has 1 N–H and O–H groups in total. The van der Waals surface area contributed by atoms with E-state index in [-0.39, 0.29) is 0 Å². The summed E-state index contributed by atoms with van der Waals surface area (Å²) in [5, 5.41) is 3.12. The Kier molecular flexibility index (Phi) is 4.69. The topological polar surface area (TPSA) is 56.3 Å². The number of hydrogen-bond donors (Lipinski definition) is 1. The second-order valence-electron chi connectivity index (χ2n) is 3.88. The summed E-state index contributed by atoms with van der Waals surface area (Å²) in [6.45, 7) is 3.33. The highest BCUT2D eigenvalue weighted by atomic mass is 16.5. The molecular weight excluding hydrogens is 242 g/mol. The molecule has 0 radical (unpaired) electrons. The number of aromatic nitrogens is 2. The molecule has 0 spiro atoms. The first-order valence-corrected chi connectivity index (χ1v) is 6.12. The van der Waals surface area contributed by atoms with Crippen LogP contribution in [0.25, 0.3) is 0 Å². The number of rotatable bonds is 6. The summed E-state index contributed by atoms with van der Waals surface area (Å²) in [5.74, 6) is 1.04. The molecule has 5 nitrogen and oxygen atoms in total. The molecule has 0 aliphatic carbocycles. The van der Waals surface area contributed by atoms with Crippen LogP contribution in [0.4, 0.5) is 11.6 Å². The van der Waals surface area contributed by atoms with Crippen LogP contribution in [-0.2, 0) is 11.3 Å². The summed E-state index contributed by atoms with van der Waals surface area (Å²) < 4.78 is 10.4. The van der Waals surface area contributed by atoms with Crippen molar-refractivity contribution in [3.05, 3.63) is 42.1 Å². The molecule has 2 aromatic rings. The highest BCUT2D eigenvalue weighted by molar-refractivity contribution is 5.53. The van der Waals surface area contributed by atoms with E-state index in [1.165, 1.54) is 0 Å². The van der Waals surface area contributed by atoms with Gasteiger partial charge in [0.25, 0.3) is 0 Å². The van der Waals surface area contributed by atoms with Crippen LogP contribution in [0, 0.1) is 0 Å². The van der Waals surface area contributed by atoms with Crippen molar-refractivity contribution in [3.63, 3.8) is 0 Å². The van der Waals surface area contributed by atoms with Crippen LogP contribution in [0.1, 0.15) is 12.5 Å². The van der Waals surface area contributed by atoms with Crippen LogP contribution in [0.15, 0.2) is 36.5 Å². The van der Waals surface area contributed by atoms with E-state index in [1.807, 2.05) is 31.2 Å². The van der Waals surface area contributed by atoms with Crippen LogP contribution in [0.5, 0.6) is 5.88 Å². The van der Waals surface area contributed by atoms with E-state index in [0.717, 1.165) is 17.9 Å². The zero-order chi connectivity index (χ0) is 13.5. The van der Waals surface area contributed by atoms with Crippen molar-refractivity contribution in [1.29, 1.82) is 0 Å². The van der Waals surface area contributed by atoms with E-state index in [2.05, 4.69) is 15.3 Å².